The van der Waals surface area contributed by atoms with Gasteiger partial charge in [-0.2, -0.15) is 10.1 Å². The van der Waals surface area contributed by atoms with E-state index in [1.54, 1.807) is 38.3 Å². The van der Waals surface area contributed by atoms with Gasteiger partial charge in [-0.05, 0) is 69.2 Å². The molecule has 0 aliphatic heterocycles. The number of pyridine rings is 1. The number of rotatable bonds is 8. The molecule has 1 amide bonds. The summed E-state index contributed by atoms with van der Waals surface area (Å²) in [4.78, 5) is 29.2. The Morgan fingerprint density at radius 3 is 2.40 bits per heavy atom. The van der Waals surface area contributed by atoms with Crippen LogP contribution in [0, 0.1) is 13.8 Å². The predicted octanol–water partition coefficient (Wildman–Crippen LogP) is 4.79. The van der Waals surface area contributed by atoms with Gasteiger partial charge in [0.15, 0.2) is 5.65 Å². The highest BCUT2D eigenvalue weighted by Crippen LogP contribution is 2.31. The molecule has 0 spiro atoms. The fourth-order valence-electron chi connectivity index (χ4n) is 4.11. The lowest BCUT2D eigenvalue weighted by atomic mass is 10.0. The number of amides is 1. The second kappa shape index (κ2) is 10.4. The average Bonchev–Trinajstić information content (AvgIpc) is 3.20. The minimum absolute atomic E-state index is 0.146. The van der Waals surface area contributed by atoms with Crippen molar-refractivity contribution in [1.82, 2.24) is 14.8 Å². The number of aryl methyl sites for hydroxylation is 2. The lowest BCUT2D eigenvalue weighted by Crippen LogP contribution is -2.13. The van der Waals surface area contributed by atoms with Crippen LogP contribution in [-0.4, -0.2) is 40.4 Å². The number of ether oxygens (including phenoxy) is 2. The van der Waals surface area contributed by atoms with E-state index in [0.29, 0.717) is 30.2 Å². The molecule has 0 saturated carbocycles. The summed E-state index contributed by atoms with van der Waals surface area (Å²) in [6, 6.07) is 16.5. The predicted molar refractivity (Wildman–Crippen MR) is 134 cm³/mol. The van der Waals surface area contributed by atoms with Crippen molar-refractivity contribution in [3.05, 3.63) is 77.0 Å². The third kappa shape index (κ3) is 5.01. The minimum atomic E-state index is -0.387. The van der Waals surface area contributed by atoms with Crippen molar-refractivity contribution >= 4 is 28.6 Å². The summed E-state index contributed by atoms with van der Waals surface area (Å²) >= 11 is 0. The van der Waals surface area contributed by atoms with Gasteiger partial charge in [0.25, 0.3) is 0 Å². The molecule has 35 heavy (non-hydrogen) atoms. The molecule has 2 heterocycles. The first-order valence-corrected chi connectivity index (χ1v) is 11.5. The number of para-hydroxylation sites is 1. The second-order valence-electron chi connectivity index (χ2n) is 8.10. The van der Waals surface area contributed by atoms with E-state index in [-0.39, 0.29) is 18.3 Å². The molecule has 2 aromatic carbocycles. The molecule has 8 nitrogen and oxygen atoms in total. The normalized spacial score (nSPS) is 10.9. The largest absolute Gasteiger partial charge is 0.481 e. The van der Waals surface area contributed by atoms with Crippen molar-refractivity contribution in [2.75, 3.05) is 19.0 Å². The summed E-state index contributed by atoms with van der Waals surface area (Å²) in [5.74, 6) is -0.0486. The number of methoxy groups -OCH3 is 1. The van der Waals surface area contributed by atoms with Crippen LogP contribution in [0.5, 0.6) is 5.88 Å². The fraction of sp³-hybridized carbons (Fsp3) is 0.259. The van der Waals surface area contributed by atoms with Crippen molar-refractivity contribution in [1.29, 1.82) is 0 Å². The lowest BCUT2D eigenvalue weighted by molar-refractivity contribution is -0.116. The molecule has 1 N–H and O–H groups in total. The maximum atomic E-state index is 12.7. The molecule has 8 heteroatoms. The van der Waals surface area contributed by atoms with Crippen molar-refractivity contribution in [2.24, 2.45) is 0 Å². The molecule has 0 fully saturated rings. The van der Waals surface area contributed by atoms with Crippen LogP contribution in [0.15, 0.2) is 54.6 Å². The molecule has 0 aliphatic rings. The summed E-state index contributed by atoms with van der Waals surface area (Å²) in [5.41, 5.74) is 5.43. The topological polar surface area (TPSA) is 95.3 Å². The van der Waals surface area contributed by atoms with Gasteiger partial charge in [-0.25, -0.2) is 9.48 Å². The highest BCUT2D eigenvalue weighted by Gasteiger charge is 2.20. The van der Waals surface area contributed by atoms with Gasteiger partial charge in [0.05, 0.1) is 30.7 Å². The third-order valence-electron chi connectivity index (χ3n) is 5.81. The van der Waals surface area contributed by atoms with Crippen LogP contribution in [0.1, 0.15) is 40.5 Å². The minimum Gasteiger partial charge on any atom is -0.481 e. The highest BCUT2D eigenvalue weighted by atomic mass is 16.5. The Kier molecular flexibility index (Phi) is 7.10. The van der Waals surface area contributed by atoms with E-state index in [1.165, 1.54) is 0 Å². The SMILES string of the molecule is CCOC(=O)c1ccc(NC(=O)CCc2c(OC)nc3c(c(C)nn3-c3ccccc3)c2C)cc1. The molecule has 4 rings (SSSR count). The van der Waals surface area contributed by atoms with Gasteiger partial charge in [0, 0.05) is 23.1 Å². The first-order chi connectivity index (χ1) is 16.9. The van der Waals surface area contributed by atoms with Gasteiger partial charge in [-0.1, -0.05) is 18.2 Å². The Bertz CT molecular complexity index is 1360. The number of hydrogen-bond acceptors (Lipinski definition) is 6. The first-order valence-electron chi connectivity index (χ1n) is 11.5. The quantitative estimate of drug-likeness (QED) is 0.370. The molecule has 180 valence electrons. The van der Waals surface area contributed by atoms with Gasteiger partial charge in [0.2, 0.25) is 11.8 Å². The fourth-order valence-corrected chi connectivity index (χ4v) is 4.11. The zero-order valence-electron chi connectivity index (χ0n) is 20.3. The van der Waals surface area contributed by atoms with Crippen LogP contribution in [0.25, 0.3) is 16.7 Å². The van der Waals surface area contributed by atoms with Crippen LogP contribution in [0.3, 0.4) is 0 Å². The Balaban J connectivity index is 1.53. The number of fused-ring (bicyclic) bond motifs is 1. The monoisotopic (exact) mass is 472 g/mol. The first kappa shape index (κ1) is 23.9. The Morgan fingerprint density at radius 2 is 1.74 bits per heavy atom. The maximum absolute atomic E-state index is 12.7. The van der Waals surface area contributed by atoms with E-state index in [1.807, 2.05) is 48.9 Å². The van der Waals surface area contributed by atoms with Gasteiger partial charge >= 0.3 is 5.97 Å². The van der Waals surface area contributed by atoms with Crippen LogP contribution >= 0.6 is 0 Å². The molecule has 0 bridgehead atoms. The average molecular weight is 473 g/mol. The number of anilines is 1. The number of nitrogens with one attached hydrogen (secondary N) is 1. The van der Waals surface area contributed by atoms with E-state index in [2.05, 4.69) is 5.32 Å². The molecule has 0 saturated heterocycles. The number of nitrogens with zero attached hydrogens (tertiary/aromatic N) is 3. The van der Waals surface area contributed by atoms with Crippen molar-refractivity contribution < 1.29 is 19.1 Å². The maximum Gasteiger partial charge on any atom is 0.338 e. The third-order valence-corrected chi connectivity index (χ3v) is 5.81. The van der Waals surface area contributed by atoms with E-state index >= 15 is 0 Å². The summed E-state index contributed by atoms with van der Waals surface area (Å²) in [5, 5.41) is 8.54. The molecule has 0 aliphatic carbocycles. The number of hydrogen-bond donors (Lipinski definition) is 1. The second-order valence-corrected chi connectivity index (χ2v) is 8.10. The molecule has 0 atom stereocenters. The van der Waals surface area contributed by atoms with Crippen LogP contribution in [-0.2, 0) is 16.0 Å². The van der Waals surface area contributed by atoms with Crippen molar-refractivity contribution in [3.63, 3.8) is 0 Å². The zero-order chi connectivity index (χ0) is 24.9. The standard InChI is InChI=1S/C27H28N4O4/c1-5-35-27(33)19-11-13-20(14-12-19)28-23(32)16-15-22-17(2)24-18(3)30-31(21-9-7-6-8-10-21)25(24)29-26(22)34-4/h6-14H,5,15-16H2,1-4H3,(H,28,32). The Labute approximate surface area is 203 Å². The lowest BCUT2D eigenvalue weighted by Gasteiger charge is -2.13. The molecule has 2 aromatic heterocycles. The molecular formula is C27H28N4O4. The number of carbonyl (C=O) groups excluding carboxylic acids is 2. The Morgan fingerprint density at radius 1 is 1.03 bits per heavy atom. The van der Waals surface area contributed by atoms with Gasteiger partial charge in [0.1, 0.15) is 0 Å². The highest BCUT2D eigenvalue weighted by molar-refractivity contribution is 5.93. The summed E-state index contributed by atoms with van der Waals surface area (Å²) in [6.45, 7) is 6.04. The molecule has 0 radical (unpaired) electrons. The van der Waals surface area contributed by atoms with E-state index in [0.717, 1.165) is 33.5 Å². The summed E-state index contributed by atoms with van der Waals surface area (Å²) in [7, 11) is 1.58. The van der Waals surface area contributed by atoms with Crippen LogP contribution < -0.4 is 10.1 Å². The molecule has 0 unspecified atom stereocenters. The number of carbonyl (C=O) groups is 2. The molecule has 4 aromatic rings. The number of aromatic nitrogens is 3. The zero-order valence-corrected chi connectivity index (χ0v) is 20.3. The van der Waals surface area contributed by atoms with Gasteiger partial charge < -0.3 is 14.8 Å². The molecular weight excluding hydrogens is 444 g/mol. The van der Waals surface area contributed by atoms with Gasteiger partial charge in [-0.15, -0.1) is 0 Å². The summed E-state index contributed by atoms with van der Waals surface area (Å²) < 4.78 is 12.4. The van der Waals surface area contributed by atoms with E-state index in [4.69, 9.17) is 19.6 Å². The number of benzene rings is 2. The Hall–Kier alpha value is -4.20. The van der Waals surface area contributed by atoms with Crippen LogP contribution in [0.4, 0.5) is 5.69 Å². The van der Waals surface area contributed by atoms with Gasteiger partial charge in [-0.3, -0.25) is 4.79 Å². The van der Waals surface area contributed by atoms with Crippen LogP contribution in [0.2, 0.25) is 0 Å². The number of esters is 1. The van der Waals surface area contributed by atoms with E-state index in [9.17, 15) is 9.59 Å². The van der Waals surface area contributed by atoms with Crippen molar-refractivity contribution in [2.45, 2.75) is 33.6 Å². The van der Waals surface area contributed by atoms with E-state index < -0.39 is 0 Å². The summed E-state index contributed by atoms with van der Waals surface area (Å²) in [6.07, 6.45) is 0.705. The van der Waals surface area contributed by atoms with Crippen molar-refractivity contribution in [3.8, 4) is 11.6 Å². The smallest absolute Gasteiger partial charge is 0.338 e.